The van der Waals surface area contributed by atoms with Crippen molar-refractivity contribution in [3.63, 3.8) is 0 Å². The highest BCUT2D eigenvalue weighted by molar-refractivity contribution is 8.01. The fourth-order valence-electron chi connectivity index (χ4n) is 1.39. The van der Waals surface area contributed by atoms with Gasteiger partial charge in [-0.2, -0.15) is 0 Å². The molecule has 0 aliphatic rings. The van der Waals surface area contributed by atoms with E-state index in [1.807, 2.05) is 6.92 Å². The Morgan fingerprint density at radius 1 is 1.50 bits per heavy atom. The van der Waals surface area contributed by atoms with Crippen LogP contribution < -0.4 is 10.1 Å². The molecule has 2 aromatic heterocycles. The lowest BCUT2D eigenvalue weighted by molar-refractivity contribution is 0.0951. The van der Waals surface area contributed by atoms with Gasteiger partial charge in [0.05, 0.1) is 7.11 Å². The average Bonchev–Trinajstić information content (AvgIpc) is 2.89. The van der Waals surface area contributed by atoms with Crippen molar-refractivity contribution in [2.45, 2.75) is 11.3 Å². The Morgan fingerprint density at radius 3 is 3.05 bits per heavy atom. The molecule has 6 nitrogen and oxygen atoms in total. The second-order valence-corrected chi connectivity index (χ2v) is 6.30. The summed E-state index contributed by atoms with van der Waals surface area (Å²) >= 11 is 3.12. The van der Waals surface area contributed by atoms with E-state index in [0.717, 1.165) is 15.1 Å². The zero-order valence-electron chi connectivity index (χ0n) is 11.1. The summed E-state index contributed by atoms with van der Waals surface area (Å²) in [5.41, 5.74) is 0.348. The number of amides is 1. The number of hydrogen-bond donors (Lipinski definition) is 1. The van der Waals surface area contributed by atoms with Crippen LogP contribution in [-0.2, 0) is 0 Å². The number of nitrogens with zero attached hydrogens (tertiary/aromatic N) is 3. The van der Waals surface area contributed by atoms with Crippen LogP contribution in [0.2, 0.25) is 0 Å². The van der Waals surface area contributed by atoms with Crippen LogP contribution in [0.4, 0.5) is 0 Å². The number of thioether (sulfide) groups is 1. The Labute approximate surface area is 125 Å². The number of aromatic nitrogens is 3. The molecule has 0 radical (unpaired) electrons. The molecule has 1 amide bonds. The fourth-order valence-corrected chi connectivity index (χ4v) is 3.13. The Morgan fingerprint density at radius 2 is 2.35 bits per heavy atom. The van der Waals surface area contributed by atoms with Crippen molar-refractivity contribution in [3.8, 4) is 5.75 Å². The van der Waals surface area contributed by atoms with Crippen LogP contribution >= 0.6 is 23.1 Å². The topological polar surface area (TPSA) is 77.0 Å². The molecule has 0 spiro atoms. The van der Waals surface area contributed by atoms with Gasteiger partial charge in [-0.05, 0) is 13.0 Å². The zero-order valence-corrected chi connectivity index (χ0v) is 12.8. The first-order valence-electron chi connectivity index (χ1n) is 5.90. The number of ether oxygens (including phenoxy) is 1. The first kappa shape index (κ1) is 14.7. The normalized spacial score (nSPS) is 10.3. The molecule has 0 aromatic carbocycles. The van der Waals surface area contributed by atoms with E-state index in [1.165, 1.54) is 0 Å². The van der Waals surface area contributed by atoms with E-state index in [2.05, 4.69) is 20.5 Å². The Hall–Kier alpha value is -1.67. The second-order valence-electron chi connectivity index (χ2n) is 3.77. The van der Waals surface area contributed by atoms with E-state index in [0.29, 0.717) is 18.0 Å². The summed E-state index contributed by atoms with van der Waals surface area (Å²) in [5.74, 6) is 1.14. The number of nitrogens with one attached hydrogen (secondary N) is 1. The molecule has 0 bridgehead atoms. The largest absolute Gasteiger partial charge is 0.497 e. The molecule has 2 rings (SSSR count). The van der Waals surface area contributed by atoms with E-state index in [1.54, 1.807) is 48.5 Å². The van der Waals surface area contributed by atoms with E-state index < -0.39 is 0 Å². The van der Waals surface area contributed by atoms with Crippen molar-refractivity contribution < 1.29 is 9.53 Å². The number of pyridine rings is 1. The molecule has 0 aliphatic heterocycles. The minimum Gasteiger partial charge on any atom is -0.497 e. The Balaban J connectivity index is 1.77. The lowest BCUT2D eigenvalue weighted by atomic mass is 10.3. The highest BCUT2D eigenvalue weighted by Crippen LogP contribution is 2.20. The molecule has 2 heterocycles. The maximum absolute atomic E-state index is 11.9. The first-order valence-corrected chi connectivity index (χ1v) is 7.70. The van der Waals surface area contributed by atoms with Crippen molar-refractivity contribution >= 4 is 29.0 Å². The number of carbonyl (C=O) groups excluding carboxylic acids is 1. The van der Waals surface area contributed by atoms with Gasteiger partial charge in [0, 0.05) is 24.6 Å². The maximum atomic E-state index is 11.9. The summed E-state index contributed by atoms with van der Waals surface area (Å²) < 4.78 is 5.97. The van der Waals surface area contributed by atoms with Crippen LogP contribution in [0.25, 0.3) is 0 Å². The van der Waals surface area contributed by atoms with Gasteiger partial charge in [-0.1, -0.05) is 23.1 Å². The van der Waals surface area contributed by atoms with E-state index in [9.17, 15) is 4.79 Å². The van der Waals surface area contributed by atoms with Crippen LogP contribution in [0.5, 0.6) is 5.75 Å². The third kappa shape index (κ3) is 4.17. The molecule has 20 heavy (non-hydrogen) atoms. The predicted octanol–water partition coefficient (Wildman–Crippen LogP) is 1.77. The summed E-state index contributed by atoms with van der Waals surface area (Å²) in [6.45, 7) is 2.46. The standard InChI is InChI=1S/C12H14N4O2S2/c1-8-15-16-12(20-8)19-6-5-14-11(17)10-7-9(18-2)3-4-13-10/h3-4,7H,5-6H2,1-2H3,(H,14,17). The summed E-state index contributed by atoms with van der Waals surface area (Å²) in [4.78, 5) is 15.9. The Kier molecular flexibility index (Phi) is 5.31. The smallest absolute Gasteiger partial charge is 0.270 e. The molecule has 0 atom stereocenters. The predicted molar refractivity (Wildman–Crippen MR) is 78.5 cm³/mol. The Bertz CT molecular complexity index is 588. The molecule has 106 valence electrons. The minimum atomic E-state index is -0.210. The van der Waals surface area contributed by atoms with Crippen molar-refractivity contribution in [3.05, 3.63) is 29.0 Å². The molecule has 1 N–H and O–H groups in total. The zero-order chi connectivity index (χ0) is 14.4. The molecule has 0 unspecified atom stereocenters. The van der Waals surface area contributed by atoms with Crippen molar-refractivity contribution in [2.24, 2.45) is 0 Å². The van der Waals surface area contributed by atoms with Crippen LogP contribution in [0, 0.1) is 6.92 Å². The summed E-state index contributed by atoms with van der Waals surface area (Å²) in [6.07, 6.45) is 1.55. The number of carbonyl (C=O) groups is 1. The molecular formula is C12H14N4O2S2. The molecule has 0 saturated heterocycles. The van der Waals surface area contributed by atoms with Gasteiger partial charge in [-0.25, -0.2) is 0 Å². The van der Waals surface area contributed by atoms with Gasteiger partial charge >= 0.3 is 0 Å². The van der Waals surface area contributed by atoms with E-state index >= 15 is 0 Å². The number of methoxy groups -OCH3 is 1. The van der Waals surface area contributed by atoms with Crippen molar-refractivity contribution in [1.29, 1.82) is 0 Å². The van der Waals surface area contributed by atoms with E-state index in [-0.39, 0.29) is 5.91 Å². The van der Waals surface area contributed by atoms with Gasteiger partial charge in [0.2, 0.25) is 0 Å². The van der Waals surface area contributed by atoms with Crippen LogP contribution in [0.1, 0.15) is 15.5 Å². The lowest BCUT2D eigenvalue weighted by Crippen LogP contribution is -2.26. The van der Waals surface area contributed by atoms with Crippen molar-refractivity contribution in [1.82, 2.24) is 20.5 Å². The number of hydrogen-bond acceptors (Lipinski definition) is 7. The van der Waals surface area contributed by atoms with Crippen molar-refractivity contribution in [2.75, 3.05) is 19.4 Å². The minimum absolute atomic E-state index is 0.210. The summed E-state index contributed by atoms with van der Waals surface area (Å²) in [5, 5.41) is 11.7. The first-order chi connectivity index (χ1) is 9.69. The molecular weight excluding hydrogens is 296 g/mol. The van der Waals surface area contributed by atoms with Crippen LogP contribution in [0.15, 0.2) is 22.7 Å². The van der Waals surface area contributed by atoms with Gasteiger partial charge in [0.1, 0.15) is 16.5 Å². The highest BCUT2D eigenvalue weighted by Gasteiger charge is 2.08. The second kappa shape index (κ2) is 7.20. The van der Waals surface area contributed by atoms with Gasteiger partial charge in [0.25, 0.3) is 5.91 Å². The molecule has 0 aliphatic carbocycles. The average molecular weight is 310 g/mol. The van der Waals surface area contributed by atoms with Crippen LogP contribution in [0.3, 0.4) is 0 Å². The molecule has 8 heteroatoms. The lowest BCUT2D eigenvalue weighted by Gasteiger charge is -2.05. The van der Waals surface area contributed by atoms with Crippen LogP contribution in [-0.4, -0.2) is 40.5 Å². The maximum Gasteiger partial charge on any atom is 0.270 e. The quantitative estimate of drug-likeness (QED) is 0.647. The molecule has 0 fully saturated rings. The summed E-state index contributed by atoms with van der Waals surface area (Å²) in [7, 11) is 1.55. The molecule has 0 saturated carbocycles. The van der Waals surface area contributed by atoms with Gasteiger partial charge in [-0.3, -0.25) is 9.78 Å². The third-order valence-corrected chi connectivity index (χ3v) is 4.29. The van der Waals surface area contributed by atoms with Gasteiger partial charge < -0.3 is 10.1 Å². The highest BCUT2D eigenvalue weighted by atomic mass is 32.2. The van der Waals surface area contributed by atoms with Gasteiger partial charge in [-0.15, -0.1) is 10.2 Å². The third-order valence-electron chi connectivity index (χ3n) is 2.32. The fraction of sp³-hybridized carbons (Fsp3) is 0.333. The monoisotopic (exact) mass is 310 g/mol. The van der Waals surface area contributed by atoms with Gasteiger partial charge in [0.15, 0.2) is 4.34 Å². The number of aryl methyl sites for hydroxylation is 1. The summed E-state index contributed by atoms with van der Waals surface area (Å²) in [6, 6.07) is 3.31. The van der Waals surface area contributed by atoms with E-state index in [4.69, 9.17) is 4.74 Å². The number of rotatable bonds is 6. The SMILES string of the molecule is COc1ccnc(C(=O)NCCSc2nnc(C)s2)c1. The molecule has 2 aromatic rings.